The number of benzene rings is 2. The predicted molar refractivity (Wildman–Crippen MR) is 105 cm³/mol. The number of aryl methyl sites for hydroxylation is 1. The smallest absolute Gasteiger partial charge is 0.319 e. The molecule has 0 unspecified atom stereocenters. The van der Waals surface area contributed by atoms with Crippen LogP contribution >= 0.6 is 0 Å². The number of hydrogen-bond donors (Lipinski definition) is 2. The number of amides is 2. The van der Waals surface area contributed by atoms with Crippen LogP contribution in [0.5, 0.6) is 5.75 Å². The van der Waals surface area contributed by atoms with Crippen LogP contribution in [0, 0.1) is 6.92 Å². The second kappa shape index (κ2) is 8.72. The van der Waals surface area contributed by atoms with Crippen LogP contribution in [-0.2, 0) is 0 Å². The maximum atomic E-state index is 12.3. The van der Waals surface area contributed by atoms with Crippen molar-refractivity contribution in [3.8, 4) is 5.75 Å². The average molecular weight is 353 g/mol. The molecular weight excluding hydrogens is 326 g/mol. The number of methoxy groups -OCH3 is 1. The van der Waals surface area contributed by atoms with Gasteiger partial charge in [-0.25, -0.2) is 4.79 Å². The van der Waals surface area contributed by atoms with Gasteiger partial charge >= 0.3 is 6.03 Å². The van der Waals surface area contributed by atoms with Gasteiger partial charge < -0.3 is 15.4 Å². The van der Waals surface area contributed by atoms with Crippen LogP contribution in [-0.4, -0.2) is 37.7 Å². The second-order valence-electron chi connectivity index (χ2n) is 6.70. The molecule has 26 heavy (non-hydrogen) atoms. The molecule has 3 rings (SSSR count). The van der Waals surface area contributed by atoms with Gasteiger partial charge in [0.2, 0.25) is 0 Å². The molecule has 0 bridgehead atoms. The summed E-state index contributed by atoms with van der Waals surface area (Å²) in [7, 11) is 1.69. The molecule has 5 nitrogen and oxygen atoms in total. The van der Waals surface area contributed by atoms with E-state index in [0.717, 1.165) is 30.1 Å². The van der Waals surface area contributed by atoms with Gasteiger partial charge in [0.15, 0.2) is 0 Å². The Bertz CT molecular complexity index is 724. The number of hydrogen-bond acceptors (Lipinski definition) is 3. The molecule has 1 fully saturated rings. The molecule has 1 saturated heterocycles. The Kier molecular flexibility index (Phi) is 6.12. The molecule has 1 atom stereocenters. The van der Waals surface area contributed by atoms with Crippen molar-refractivity contribution in [1.29, 1.82) is 0 Å². The molecule has 2 N–H and O–H groups in total. The van der Waals surface area contributed by atoms with E-state index in [1.54, 1.807) is 7.11 Å². The maximum absolute atomic E-state index is 12.3. The van der Waals surface area contributed by atoms with E-state index >= 15 is 0 Å². The van der Waals surface area contributed by atoms with E-state index in [0.29, 0.717) is 6.54 Å². The molecule has 0 radical (unpaired) electrons. The number of para-hydroxylation sites is 1. The third-order valence-electron chi connectivity index (χ3n) is 4.84. The van der Waals surface area contributed by atoms with Crippen LogP contribution in [0.15, 0.2) is 48.5 Å². The molecule has 138 valence electrons. The minimum absolute atomic E-state index is 0.109. The largest absolute Gasteiger partial charge is 0.496 e. The molecule has 1 heterocycles. The van der Waals surface area contributed by atoms with E-state index in [4.69, 9.17) is 4.74 Å². The first-order chi connectivity index (χ1) is 12.7. The first-order valence-electron chi connectivity index (χ1n) is 9.16. The molecule has 0 aromatic heterocycles. The highest BCUT2D eigenvalue weighted by molar-refractivity contribution is 5.89. The Morgan fingerprint density at radius 2 is 1.81 bits per heavy atom. The number of nitrogens with one attached hydrogen (secondary N) is 2. The Labute approximate surface area is 155 Å². The number of ether oxygens (including phenoxy) is 1. The predicted octanol–water partition coefficient (Wildman–Crippen LogP) is 3.96. The van der Waals surface area contributed by atoms with Gasteiger partial charge in [-0.1, -0.05) is 35.9 Å². The summed E-state index contributed by atoms with van der Waals surface area (Å²) in [5, 5.41) is 5.92. The molecule has 1 aliphatic heterocycles. The van der Waals surface area contributed by atoms with Gasteiger partial charge in [0, 0.05) is 17.8 Å². The fraction of sp³-hybridized carbons (Fsp3) is 0.381. The summed E-state index contributed by atoms with van der Waals surface area (Å²) < 4.78 is 5.54. The maximum Gasteiger partial charge on any atom is 0.319 e. The number of urea groups is 1. The van der Waals surface area contributed by atoms with Crippen LogP contribution in [0.1, 0.15) is 30.0 Å². The fourth-order valence-electron chi connectivity index (χ4n) is 3.43. The van der Waals surface area contributed by atoms with E-state index in [-0.39, 0.29) is 12.1 Å². The standard InChI is InChI=1S/C21H27N3O2/c1-16-9-11-17(12-10-16)23-21(25)22-15-19(24-13-5-6-14-24)18-7-3-4-8-20(18)26-2/h3-4,7-12,19H,5-6,13-15H2,1-2H3,(H2,22,23,25)/t19-/m0/s1. The van der Waals surface area contributed by atoms with Crippen molar-refractivity contribution in [3.63, 3.8) is 0 Å². The Morgan fingerprint density at radius 1 is 1.12 bits per heavy atom. The van der Waals surface area contributed by atoms with Gasteiger partial charge in [0.25, 0.3) is 0 Å². The Hall–Kier alpha value is -2.53. The number of anilines is 1. The van der Waals surface area contributed by atoms with Crippen molar-refractivity contribution < 1.29 is 9.53 Å². The number of likely N-dealkylation sites (tertiary alicyclic amines) is 1. The number of carbonyl (C=O) groups is 1. The van der Waals surface area contributed by atoms with Crippen LogP contribution in [0.3, 0.4) is 0 Å². The molecule has 2 aromatic rings. The highest BCUT2D eigenvalue weighted by atomic mass is 16.5. The lowest BCUT2D eigenvalue weighted by atomic mass is 10.0. The molecule has 5 heteroatoms. The van der Waals surface area contributed by atoms with Crippen LogP contribution < -0.4 is 15.4 Å². The van der Waals surface area contributed by atoms with E-state index in [2.05, 4.69) is 21.6 Å². The normalized spacial score (nSPS) is 15.5. The monoisotopic (exact) mass is 353 g/mol. The highest BCUT2D eigenvalue weighted by Gasteiger charge is 2.26. The van der Waals surface area contributed by atoms with E-state index in [9.17, 15) is 4.79 Å². The Balaban J connectivity index is 1.67. The Morgan fingerprint density at radius 3 is 2.50 bits per heavy atom. The van der Waals surface area contributed by atoms with Crippen LogP contribution in [0.25, 0.3) is 0 Å². The number of carbonyl (C=O) groups excluding carboxylic acids is 1. The molecule has 0 saturated carbocycles. The van der Waals surface area contributed by atoms with Gasteiger partial charge in [0.1, 0.15) is 5.75 Å². The van der Waals surface area contributed by atoms with Crippen molar-refractivity contribution in [2.75, 3.05) is 32.1 Å². The summed E-state index contributed by atoms with van der Waals surface area (Å²) in [6.07, 6.45) is 2.39. The SMILES string of the molecule is COc1ccccc1[C@H](CNC(=O)Nc1ccc(C)cc1)N1CCCC1. The van der Waals surface area contributed by atoms with E-state index in [1.165, 1.54) is 18.4 Å². The molecule has 0 spiro atoms. The summed E-state index contributed by atoms with van der Waals surface area (Å²) in [6.45, 7) is 4.66. The number of nitrogens with zero attached hydrogens (tertiary/aromatic N) is 1. The minimum atomic E-state index is -0.187. The lowest BCUT2D eigenvalue weighted by Crippen LogP contribution is -2.38. The van der Waals surface area contributed by atoms with Crippen molar-refractivity contribution in [2.24, 2.45) is 0 Å². The first kappa shape index (κ1) is 18.3. The summed E-state index contributed by atoms with van der Waals surface area (Å²) in [6, 6.07) is 15.8. The summed E-state index contributed by atoms with van der Waals surface area (Å²) in [4.78, 5) is 14.8. The third-order valence-corrected chi connectivity index (χ3v) is 4.84. The first-order valence-corrected chi connectivity index (χ1v) is 9.16. The lowest BCUT2D eigenvalue weighted by Gasteiger charge is -2.29. The molecule has 2 aromatic carbocycles. The summed E-state index contributed by atoms with van der Waals surface area (Å²) >= 11 is 0. The van der Waals surface area contributed by atoms with Crippen molar-refractivity contribution >= 4 is 11.7 Å². The second-order valence-corrected chi connectivity index (χ2v) is 6.70. The zero-order valence-electron chi connectivity index (χ0n) is 15.5. The zero-order chi connectivity index (χ0) is 18.4. The van der Waals surface area contributed by atoms with Crippen LogP contribution in [0.4, 0.5) is 10.5 Å². The van der Waals surface area contributed by atoms with Crippen molar-refractivity contribution in [2.45, 2.75) is 25.8 Å². The average Bonchev–Trinajstić information content (AvgIpc) is 3.18. The quantitative estimate of drug-likeness (QED) is 0.826. The van der Waals surface area contributed by atoms with Gasteiger partial charge in [-0.15, -0.1) is 0 Å². The zero-order valence-corrected chi connectivity index (χ0v) is 15.5. The molecule has 1 aliphatic rings. The van der Waals surface area contributed by atoms with Gasteiger partial charge in [-0.3, -0.25) is 4.90 Å². The van der Waals surface area contributed by atoms with Crippen LogP contribution in [0.2, 0.25) is 0 Å². The highest BCUT2D eigenvalue weighted by Crippen LogP contribution is 2.31. The van der Waals surface area contributed by atoms with Crippen molar-refractivity contribution in [3.05, 3.63) is 59.7 Å². The third kappa shape index (κ3) is 4.55. The molecule has 0 aliphatic carbocycles. The fourth-order valence-corrected chi connectivity index (χ4v) is 3.43. The van der Waals surface area contributed by atoms with E-state index < -0.39 is 0 Å². The summed E-state index contributed by atoms with van der Waals surface area (Å²) in [5.41, 5.74) is 3.08. The number of rotatable bonds is 6. The minimum Gasteiger partial charge on any atom is -0.496 e. The van der Waals surface area contributed by atoms with Gasteiger partial charge in [-0.2, -0.15) is 0 Å². The lowest BCUT2D eigenvalue weighted by molar-refractivity contribution is 0.224. The van der Waals surface area contributed by atoms with Crippen molar-refractivity contribution in [1.82, 2.24) is 10.2 Å². The van der Waals surface area contributed by atoms with Gasteiger partial charge in [0.05, 0.1) is 13.2 Å². The van der Waals surface area contributed by atoms with Gasteiger partial charge in [-0.05, 0) is 51.1 Å². The van der Waals surface area contributed by atoms with E-state index in [1.807, 2.05) is 49.4 Å². The molecular formula is C21H27N3O2. The molecule has 2 amide bonds. The topological polar surface area (TPSA) is 53.6 Å². The summed E-state index contributed by atoms with van der Waals surface area (Å²) in [5.74, 6) is 0.866.